The van der Waals surface area contributed by atoms with Gasteiger partial charge < -0.3 is 15.4 Å². The van der Waals surface area contributed by atoms with Crippen LogP contribution in [0.1, 0.15) is 34.0 Å². The van der Waals surface area contributed by atoms with Gasteiger partial charge >= 0.3 is 0 Å². The Morgan fingerprint density at radius 1 is 0.900 bits per heavy atom. The molecule has 0 aliphatic rings. The van der Waals surface area contributed by atoms with Crippen molar-refractivity contribution in [3.8, 4) is 5.75 Å². The Morgan fingerprint density at radius 2 is 1.57 bits per heavy atom. The molecular formula is C25H26N2O3. The molecule has 0 aliphatic carbocycles. The van der Waals surface area contributed by atoms with Crippen LogP contribution in [0.2, 0.25) is 0 Å². The Balaban J connectivity index is 1.61. The van der Waals surface area contributed by atoms with E-state index < -0.39 is 6.10 Å². The average molecular weight is 402 g/mol. The summed E-state index contributed by atoms with van der Waals surface area (Å²) < 4.78 is 5.88. The zero-order chi connectivity index (χ0) is 21.5. The van der Waals surface area contributed by atoms with Crippen molar-refractivity contribution in [1.82, 2.24) is 5.32 Å². The SMILES string of the molecule is Cc1cccc(C)c1OC(C)C(=O)Nc1cccc(C(=O)NCc2ccccc2)c1. The van der Waals surface area contributed by atoms with Gasteiger partial charge in [-0.25, -0.2) is 0 Å². The highest BCUT2D eigenvalue weighted by atomic mass is 16.5. The van der Waals surface area contributed by atoms with Crippen LogP contribution in [-0.2, 0) is 11.3 Å². The van der Waals surface area contributed by atoms with Gasteiger partial charge in [-0.15, -0.1) is 0 Å². The lowest BCUT2D eigenvalue weighted by molar-refractivity contribution is -0.122. The minimum absolute atomic E-state index is 0.199. The normalized spacial score (nSPS) is 11.4. The van der Waals surface area contributed by atoms with Gasteiger partial charge in [0.25, 0.3) is 11.8 Å². The summed E-state index contributed by atoms with van der Waals surface area (Å²) in [6.45, 7) is 6.05. The highest BCUT2D eigenvalue weighted by molar-refractivity contribution is 5.98. The number of benzene rings is 3. The Kier molecular flexibility index (Phi) is 6.86. The molecule has 2 N–H and O–H groups in total. The minimum Gasteiger partial charge on any atom is -0.480 e. The molecular weight excluding hydrogens is 376 g/mol. The summed E-state index contributed by atoms with van der Waals surface area (Å²) in [5.41, 5.74) is 4.00. The molecule has 0 fully saturated rings. The van der Waals surface area contributed by atoms with E-state index in [9.17, 15) is 9.59 Å². The largest absolute Gasteiger partial charge is 0.480 e. The number of anilines is 1. The third kappa shape index (κ3) is 5.47. The van der Waals surface area contributed by atoms with Gasteiger partial charge in [-0.1, -0.05) is 54.6 Å². The first-order valence-corrected chi connectivity index (χ1v) is 9.90. The van der Waals surface area contributed by atoms with E-state index in [0.29, 0.717) is 23.5 Å². The molecule has 0 saturated carbocycles. The number of aryl methyl sites for hydroxylation is 2. The fourth-order valence-corrected chi connectivity index (χ4v) is 3.08. The van der Waals surface area contributed by atoms with Crippen LogP contribution in [0.25, 0.3) is 0 Å². The maximum Gasteiger partial charge on any atom is 0.265 e. The molecule has 0 aromatic heterocycles. The van der Waals surface area contributed by atoms with E-state index in [1.54, 1.807) is 31.2 Å². The number of para-hydroxylation sites is 1. The summed E-state index contributed by atoms with van der Waals surface area (Å²) >= 11 is 0. The number of amides is 2. The van der Waals surface area contributed by atoms with Crippen LogP contribution in [-0.4, -0.2) is 17.9 Å². The van der Waals surface area contributed by atoms with Crippen LogP contribution in [0, 0.1) is 13.8 Å². The second-order valence-corrected chi connectivity index (χ2v) is 7.22. The lowest BCUT2D eigenvalue weighted by atomic mass is 10.1. The number of carbonyl (C=O) groups is 2. The second-order valence-electron chi connectivity index (χ2n) is 7.22. The maximum atomic E-state index is 12.6. The van der Waals surface area contributed by atoms with Crippen LogP contribution in [0.4, 0.5) is 5.69 Å². The first kappa shape index (κ1) is 21.1. The summed E-state index contributed by atoms with van der Waals surface area (Å²) in [4.78, 5) is 25.1. The van der Waals surface area contributed by atoms with Crippen LogP contribution in [0.5, 0.6) is 5.75 Å². The van der Waals surface area contributed by atoms with E-state index in [-0.39, 0.29) is 11.8 Å². The van der Waals surface area contributed by atoms with Gasteiger partial charge in [-0.3, -0.25) is 9.59 Å². The average Bonchev–Trinajstić information content (AvgIpc) is 2.75. The Hall–Kier alpha value is -3.60. The van der Waals surface area contributed by atoms with Gasteiger partial charge in [-0.05, 0) is 55.7 Å². The van der Waals surface area contributed by atoms with Crippen molar-refractivity contribution in [2.24, 2.45) is 0 Å². The molecule has 0 spiro atoms. The molecule has 1 atom stereocenters. The second kappa shape index (κ2) is 9.74. The van der Waals surface area contributed by atoms with Crippen LogP contribution in [0.15, 0.2) is 72.8 Å². The number of hydrogen-bond donors (Lipinski definition) is 2. The van der Waals surface area contributed by atoms with Crippen molar-refractivity contribution in [1.29, 1.82) is 0 Å². The highest BCUT2D eigenvalue weighted by Crippen LogP contribution is 2.24. The van der Waals surface area contributed by atoms with E-state index in [1.165, 1.54) is 0 Å². The maximum absolute atomic E-state index is 12.6. The smallest absolute Gasteiger partial charge is 0.265 e. The quantitative estimate of drug-likeness (QED) is 0.605. The molecule has 5 nitrogen and oxygen atoms in total. The number of carbonyl (C=O) groups excluding carboxylic acids is 2. The Morgan fingerprint density at radius 3 is 2.27 bits per heavy atom. The molecule has 1 unspecified atom stereocenters. The molecule has 0 heterocycles. The molecule has 0 saturated heterocycles. The van der Waals surface area contributed by atoms with Crippen LogP contribution >= 0.6 is 0 Å². The predicted octanol–water partition coefficient (Wildman–Crippen LogP) is 4.64. The lowest BCUT2D eigenvalue weighted by Crippen LogP contribution is -2.30. The van der Waals surface area contributed by atoms with Gasteiger partial charge in [-0.2, -0.15) is 0 Å². The molecule has 5 heteroatoms. The predicted molar refractivity (Wildman–Crippen MR) is 119 cm³/mol. The number of nitrogens with one attached hydrogen (secondary N) is 2. The van der Waals surface area contributed by atoms with Crippen LogP contribution < -0.4 is 15.4 Å². The van der Waals surface area contributed by atoms with Gasteiger partial charge in [0.2, 0.25) is 0 Å². The Bertz CT molecular complexity index is 1010. The summed E-state index contributed by atoms with van der Waals surface area (Å²) in [5.74, 6) is 0.239. The highest BCUT2D eigenvalue weighted by Gasteiger charge is 2.17. The molecule has 0 bridgehead atoms. The lowest BCUT2D eigenvalue weighted by Gasteiger charge is -2.18. The Labute approximate surface area is 177 Å². The summed E-state index contributed by atoms with van der Waals surface area (Å²) in [7, 11) is 0. The molecule has 0 aliphatic heterocycles. The van der Waals surface area contributed by atoms with Gasteiger partial charge in [0.05, 0.1) is 0 Å². The van der Waals surface area contributed by atoms with Crippen molar-refractivity contribution in [2.75, 3.05) is 5.32 Å². The van der Waals surface area contributed by atoms with Gasteiger partial charge in [0, 0.05) is 17.8 Å². The van der Waals surface area contributed by atoms with Crippen molar-refractivity contribution in [3.05, 3.63) is 95.1 Å². The number of ether oxygens (including phenoxy) is 1. The van der Waals surface area contributed by atoms with E-state index in [2.05, 4.69) is 10.6 Å². The van der Waals surface area contributed by atoms with Crippen molar-refractivity contribution in [3.63, 3.8) is 0 Å². The van der Waals surface area contributed by atoms with Crippen molar-refractivity contribution >= 4 is 17.5 Å². The first-order chi connectivity index (χ1) is 14.4. The van der Waals surface area contributed by atoms with E-state index in [0.717, 1.165) is 16.7 Å². The van der Waals surface area contributed by atoms with Gasteiger partial charge in [0.15, 0.2) is 6.10 Å². The summed E-state index contributed by atoms with van der Waals surface area (Å²) in [5, 5.41) is 5.71. The molecule has 0 radical (unpaired) electrons. The zero-order valence-corrected chi connectivity index (χ0v) is 17.4. The minimum atomic E-state index is -0.680. The molecule has 3 rings (SSSR count). The van der Waals surface area contributed by atoms with E-state index in [4.69, 9.17) is 4.74 Å². The fourth-order valence-electron chi connectivity index (χ4n) is 3.08. The number of hydrogen-bond acceptors (Lipinski definition) is 3. The standard InChI is InChI=1S/C25H26N2O3/c1-17-9-7-10-18(2)23(17)30-19(3)24(28)27-22-14-8-13-21(15-22)25(29)26-16-20-11-5-4-6-12-20/h4-15,19H,16H2,1-3H3,(H,26,29)(H,27,28). The van der Waals surface area contributed by atoms with Crippen molar-refractivity contribution < 1.29 is 14.3 Å². The molecule has 30 heavy (non-hydrogen) atoms. The summed E-state index contributed by atoms with van der Waals surface area (Å²) in [6.07, 6.45) is -0.680. The van der Waals surface area contributed by atoms with Gasteiger partial charge in [0.1, 0.15) is 5.75 Å². The first-order valence-electron chi connectivity index (χ1n) is 9.90. The molecule has 3 aromatic carbocycles. The zero-order valence-electron chi connectivity index (χ0n) is 17.4. The van der Waals surface area contributed by atoms with Crippen molar-refractivity contribution in [2.45, 2.75) is 33.4 Å². The summed E-state index contributed by atoms with van der Waals surface area (Å²) in [6, 6.07) is 22.4. The van der Waals surface area contributed by atoms with Crippen LogP contribution in [0.3, 0.4) is 0 Å². The molecule has 3 aromatic rings. The topological polar surface area (TPSA) is 67.4 Å². The molecule has 2 amide bonds. The fraction of sp³-hybridized carbons (Fsp3) is 0.200. The molecule has 154 valence electrons. The monoisotopic (exact) mass is 402 g/mol. The third-order valence-electron chi connectivity index (χ3n) is 4.76. The third-order valence-corrected chi connectivity index (χ3v) is 4.76. The number of rotatable bonds is 7. The van der Waals surface area contributed by atoms with E-state index >= 15 is 0 Å². The van der Waals surface area contributed by atoms with E-state index in [1.807, 2.05) is 62.4 Å².